The van der Waals surface area contributed by atoms with E-state index in [0.717, 1.165) is 16.6 Å². The van der Waals surface area contributed by atoms with Crippen LogP contribution in [0.15, 0.2) is 65.6 Å². The third-order valence-electron chi connectivity index (χ3n) is 7.49. The lowest BCUT2D eigenvalue weighted by molar-refractivity contribution is -0.137. The normalized spacial score (nSPS) is 21.0. The van der Waals surface area contributed by atoms with Gasteiger partial charge in [0, 0.05) is 26.3 Å². The highest BCUT2D eigenvalue weighted by molar-refractivity contribution is 7.92. The maximum atomic E-state index is 14.2. The monoisotopic (exact) mass is 589 g/mol. The van der Waals surface area contributed by atoms with Crippen molar-refractivity contribution in [2.24, 2.45) is 5.41 Å². The van der Waals surface area contributed by atoms with E-state index in [-0.39, 0.29) is 31.0 Å². The molecule has 1 aliphatic carbocycles. The van der Waals surface area contributed by atoms with Gasteiger partial charge in [-0.1, -0.05) is 5.57 Å². The van der Waals surface area contributed by atoms with E-state index in [1.807, 2.05) is 0 Å². The Balaban J connectivity index is 1.46. The summed E-state index contributed by atoms with van der Waals surface area (Å²) in [5.41, 5.74) is 4.55. The number of alkyl halides is 3. The molecule has 2 aliphatic heterocycles. The number of carbonyl (C=O) groups is 1. The van der Waals surface area contributed by atoms with Crippen molar-refractivity contribution < 1.29 is 30.8 Å². The highest BCUT2D eigenvalue weighted by Crippen LogP contribution is 2.47. The minimum atomic E-state index is -4.70. The van der Waals surface area contributed by atoms with Gasteiger partial charge in [0.25, 0.3) is 10.0 Å². The molecule has 0 bridgehead atoms. The van der Waals surface area contributed by atoms with Gasteiger partial charge in [-0.3, -0.25) is 20.2 Å². The van der Waals surface area contributed by atoms with Gasteiger partial charge in [-0.2, -0.15) is 22.6 Å². The van der Waals surface area contributed by atoms with E-state index in [2.05, 4.69) is 21.0 Å². The molecule has 1 fully saturated rings. The molecule has 3 aliphatic rings. The van der Waals surface area contributed by atoms with Crippen molar-refractivity contribution in [2.75, 3.05) is 20.1 Å². The van der Waals surface area contributed by atoms with Crippen molar-refractivity contribution in [1.29, 1.82) is 0 Å². The van der Waals surface area contributed by atoms with E-state index in [0.29, 0.717) is 28.6 Å². The van der Waals surface area contributed by atoms with E-state index in [9.17, 15) is 30.8 Å². The minimum Gasteiger partial charge on any atom is -0.298 e. The number of rotatable bonds is 5. The molecule has 0 amide bonds. The summed E-state index contributed by atoms with van der Waals surface area (Å²) >= 11 is 0. The SMILES string of the molecule is CN1C=C(S(=O)(=O)N2CCC3=Cc4c(cnn4-c4ccc(F)cc4)C[C@]3(C(=O)c3cc(C(F)(F)F)ccn3)C2)NN1. The molecule has 214 valence electrons. The molecule has 1 saturated heterocycles. The summed E-state index contributed by atoms with van der Waals surface area (Å²) in [4.78, 5) is 18.2. The van der Waals surface area contributed by atoms with Crippen LogP contribution in [0.2, 0.25) is 0 Å². The average Bonchev–Trinajstić information content (AvgIpc) is 3.57. The molecule has 0 radical (unpaired) electrons. The number of Topliss-reactive ketones (excluding diaryl/α,β-unsaturated/α-hetero) is 1. The summed E-state index contributed by atoms with van der Waals surface area (Å²) in [6, 6.07) is 7.13. The molecule has 0 unspecified atom stereocenters. The van der Waals surface area contributed by atoms with E-state index < -0.39 is 44.5 Å². The zero-order valence-corrected chi connectivity index (χ0v) is 22.3. The largest absolute Gasteiger partial charge is 0.416 e. The van der Waals surface area contributed by atoms with Crippen LogP contribution in [0.5, 0.6) is 0 Å². The van der Waals surface area contributed by atoms with Crippen molar-refractivity contribution in [1.82, 2.24) is 35.0 Å². The van der Waals surface area contributed by atoms with Crippen molar-refractivity contribution in [3.8, 4) is 5.69 Å². The van der Waals surface area contributed by atoms with Crippen molar-refractivity contribution in [3.05, 3.63) is 93.9 Å². The van der Waals surface area contributed by atoms with Crippen LogP contribution >= 0.6 is 0 Å². The fraction of sp³-hybridized carbons (Fsp3) is 0.269. The molecule has 15 heteroatoms. The molecule has 10 nitrogen and oxygen atoms in total. The van der Waals surface area contributed by atoms with E-state index >= 15 is 0 Å². The second-order valence-electron chi connectivity index (χ2n) is 10.1. The summed E-state index contributed by atoms with van der Waals surface area (Å²) in [6.07, 6.45) is 0.919. The molecule has 41 heavy (non-hydrogen) atoms. The summed E-state index contributed by atoms with van der Waals surface area (Å²) in [5, 5.41) is 5.69. The third kappa shape index (κ3) is 4.59. The molecule has 2 aromatic heterocycles. The van der Waals surface area contributed by atoms with Crippen molar-refractivity contribution in [2.45, 2.75) is 19.0 Å². The number of hydrogen-bond donors (Lipinski definition) is 2. The number of nitrogens with one attached hydrogen (secondary N) is 2. The minimum absolute atomic E-state index is 0.0250. The van der Waals surface area contributed by atoms with E-state index in [1.54, 1.807) is 29.9 Å². The van der Waals surface area contributed by atoms with Crippen molar-refractivity contribution >= 4 is 21.9 Å². The number of carbonyl (C=O) groups excluding carboxylic acids is 1. The van der Waals surface area contributed by atoms with Crippen LogP contribution in [0, 0.1) is 11.2 Å². The standard InChI is InChI=1S/C26H23F4N7O3S/c1-35-14-23(33-34-35)41(39,40)36-9-7-17-11-22-16(13-32-37(22)20-4-2-19(27)3-5-20)12-25(17,15-36)24(38)21-10-18(6-8-31-21)26(28,29)30/h2-6,8,10-11,13-14,33-34H,7,9,12,15H2,1H3/t25-/m0/s1. The van der Waals surface area contributed by atoms with E-state index in [1.165, 1.54) is 29.5 Å². The maximum absolute atomic E-state index is 14.2. The topological polar surface area (TPSA) is 112 Å². The van der Waals surface area contributed by atoms with Gasteiger partial charge < -0.3 is 0 Å². The molecule has 4 heterocycles. The molecule has 0 saturated carbocycles. The number of hydrazine groups is 2. The van der Waals surface area contributed by atoms with Gasteiger partial charge in [-0.25, -0.2) is 17.5 Å². The molecular weight excluding hydrogens is 566 g/mol. The Morgan fingerprint density at radius 3 is 2.59 bits per heavy atom. The number of hydrogen-bond acceptors (Lipinski definition) is 8. The molecule has 0 spiro atoms. The summed E-state index contributed by atoms with van der Waals surface area (Å²) in [7, 11) is -2.51. The van der Waals surface area contributed by atoms with Crippen LogP contribution in [0.1, 0.15) is 33.7 Å². The van der Waals surface area contributed by atoms with Gasteiger partial charge in [0.15, 0.2) is 10.8 Å². The first-order chi connectivity index (χ1) is 19.4. The number of ketones is 1. The number of sulfonamides is 1. The molecule has 6 rings (SSSR count). The fourth-order valence-corrected chi connectivity index (χ4v) is 6.91. The molecule has 1 atom stereocenters. The zero-order valence-electron chi connectivity index (χ0n) is 21.5. The van der Waals surface area contributed by atoms with Crippen LogP contribution in [-0.4, -0.2) is 58.4 Å². The van der Waals surface area contributed by atoms with Gasteiger partial charge in [0.2, 0.25) is 0 Å². The lowest BCUT2D eigenvalue weighted by Crippen LogP contribution is -2.54. The summed E-state index contributed by atoms with van der Waals surface area (Å²) in [5.74, 6) is -1.15. The predicted molar refractivity (Wildman–Crippen MR) is 138 cm³/mol. The smallest absolute Gasteiger partial charge is 0.298 e. The number of fused-ring (bicyclic) bond motifs is 2. The number of aromatic nitrogens is 3. The van der Waals surface area contributed by atoms with Crippen LogP contribution in [0.3, 0.4) is 0 Å². The van der Waals surface area contributed by atoms with Gasteiger partial charge >= 0.3 is 6.18 Å². The molecule has 1 aromatic carbocycles. The summed E-state index contributed by atoms with van der Waals surface area (Å²) < 4.78 is 83.9. The number of halogens is 4. The second kappa shape index (κ2) is 9.49. The Bertz CT molecular complexity index is 1720. The highest BCUT2D eigenvalue weighted by Gasteiger charge is 2.52. The van der Waals surface area contributed by atoms with E-state index in [4.69, 9.17) is 0 Å². The lowest BCUT2D eigenvalue weighted by atomic mass is 9.65. The van der Waals surface area contributed by atoms with Gasteiger partial charge in [-0.05, 0) is 60.9 Å². The Kier molecular flexibility index (Phi) is 6.28. The summed E-state index contributed by atoms with van der Waals surface area (Å²) in [6.45, 7) is -0.288. The Morgan fingerprint density at radius 1 is 1.15 bits per heavy atom. The Hall–Kier alpha value is -4.08. The first kappa shape index (κ1) is 27.1. The zero-order chi connectivity index (χ0) is 29.2. The number of benzene rings is 1. The van der Waals surface area contributed by atoms with Crippen LogP contribution in [0.4, 0.5) is 17.6 Å². The second-order valence-corrected chi connectivity index (χ2v) is 12.0. The number of piperidine rings is 1. The van der Waals surface area contributed by atoms with Crippen LogP contribution in [-0.2, 0) is 22.6 Å². The molecular formula is C26H23F4N7O3S. The van der Waals surface area contributed by atoms with Crippen molar-refractivity contribution in [3.63, 3.8) is 0 Å². The number of pyridine rings is 1. The number of nitrogens with zero attached hydrogens (tertiary/aromatic N) is 5. The first-order valence-electron chi connectivity index (χ1n) is 12.5. The average molecular weight is 590 g/mol. The fourth-order valence-electron chi connectivity index (χ4n) is 5.44. The van der Waals surface area contributed by atoms with Gasteiger partial charge in [0.1, 0.15) is 11.5 Å². The van der Waals surface area contributed by atoms with Gasteiger partial charge in [-0.15, -0.1) is 5.53 Å². The quantitative estimate of drug-likeness (QED) is 0.345. The lowest BCUT2D eigenvalue weighted by Gasteiger charge is -2.44. The van der Waals surface area contributed by atoms with Crippen LogP contribution < -0.4 is 11.0 Å². The highest BCUT2D eigenvalue weighted by atomic mass is 32.2. The third-order valence-corrected chi connectivity index (χ3v) is 9.25. The molecule has 2 N–H and O–H groups in total. The predicted octanol–water partition coefficient (Wildman–Crippen LogP) is 3.02. The Morgan fingerprint density at radius 2 is 1.90 bits per heavy atom. The van der Waals surface area contributed by atoms with Crippen LogP contribution in [0.25, 0.3) is 11.8 Å². The molecule has 3 aromatic rings. The van der Waals surface area contributed by atoms with Gasteiger partial charge in [0.05, 0.1) is 34.8 Å². The first-order valence-corrected chi connectivity index (χ1v) is 13.9. The maximum Gasteiger partial charge on any atom is 0.416 e. The Labute approximate surface area is 231 Å².